The summed E-state index contributed by atoms with van der Waals surface area (Å²) < 4.78 is 4.86. The van der Waals surface area contributed by atoms with Gasteiger partial charge in [0.25, 0.3) is 5.91 Å². The number of carbonyl (C=O) groups excluding carboxylic acids is 1. The Labute approximate surface area is 104 Å². The second-order valence-electron chi connectivity index (χ2n) is 3.47. The number of methoxy groups -OCH3 is 1. The van der Waals surface area contributed by atoms with Gasteiger partial charge in [-0.25, -0.2) is 9.97 Å². The first kappa shape index (κ1) is 11.7. The van der Waals surface area contributed by atoms with Crippen molar-refractivity contribution in [1.29, 1.82) is 0 Å². The molecule has 0 saturated heterocycles. The molecule has 0 radical (unpaired) electrons. The summed E-state index contributed by atoms with van der Waals surface area (Å²) >= 11 is 4.08. The van der Waals surface area contributed by atoms with Crippen LogP contribution in [0.15, 0.2) is 24.2 Å². The maximum atomic E-state index is 11.6. The van der Waals surface area contributed by atoms with Crippen LogP contribution in [0, 0.1) is 0 Å². The first-order valence-corrected chi connectivity index (χ1v) is 5.49. The lowest BCUT2D eigenvalue weighted by Crippen LogP contribution is -2.44. The van der Waals surface area contributed by atoms with Crippen molar-refractivity contribution in [3.05, 3.63) is 29.7 Å². The number of aromatic nitrogens is 2. The summed E-state index contributed by atoms with van der Waals surface area (Å²) in [5, 5.41) is 5.56. The van der Waals surface area contributed by atoms with Gasteiger partial charge in [0.2, 0.25) is 0 Å². The monoisotopic (exact) mass is 252 g/mol. The Morgan fingerprint density at radius 2 is 2.18 bits per heavy atom. The third-order valence-corrected chi connectivity index (χ3v) is 2.51. The quantitative estimate of drug-likeness (QED) is 0.652. The van der Waals surface area contributed by atoms with E-state index in [1.54, 1.807) is 18.6 Å². The number of rotatable bonds is 3. The van der Waals surface area contributed by atoms with Crippen LogP contribution in [0.1, 0.15) is 5.56 Å². The van der Waals surface area contributed by atoms with E-state index in [1.807, 2.05) is 0 Å². The fraction of sp³-hybridized carbons (Fsp3) is 0.300. The van der Waals surface area contributed by atoms with E-state index in [9.17, 15) is 4.79 Å². The van der Waals surface area contributed by atoms with E-state index >= 15 is 0 Å². The molecule has 0 bridgehead atoms. The second-order valence-corrected chi connectivity index (χ2v) is 3.98. The lowest BCUT2D eigenvalue weighted by atomic mass is 10.1. The van der Waals surface area contributed by atoms with Crippen LogP contribution >= 0.6 is 12.6 Å². The summed E-state index contributed by atoms with van der Waals surface area (Å²) in [5.74, 6) is -0.139. The van der Waals surface area contributed by atoms with Gasteiger partial charge in [0.05, 0.1) is 7.11 Å². The zero-order valence-corrected chi connectivity index (χ0v) is 10.1. The summed E-state index contributed by atoms with van der Waals surface area (Å²) in [7, 11) is 1.50. The standard InChI is InChI=1S/C10H12N4O2S/c1-16-9-11-3-6(4-12-9)2-7-5-13-10(17)14-8(7)15/h3-5,10,13,17H,2H2,1H3,(H,14,15). The Hall–Kier alpha value is -1.76. The van der Waals surface area contributed by atoms with Crippen molar-refractivity contribution in [2.24, 2.45) is 0 Å². The van der Waals surface area contributed by atoms with E-state index < -0.39 is 0 Å². The van der Waals surface area contributed by atoms with Crippen molar-refractivity contribution in [3.8, 4) is 6.01 Å². The molecule has 1 aromatic rings. The number of carbonyl (C=O) groups is 1. The molecule has 2 N–H and O–H groups in total. The maximum Gasteiger partial charge on any atom is 0.316 e. The summed E-state index contributed by atoms with van der Waals surface area (Å²) in [6, 6.07) is 0.310. The van der Waals surface area contributed by atoms with Crippen LogP contribution in [-0.4, -0.2) is 28.5 Å². The highest BCUT2D eigenvalue weighted by Crippen LogP contribution is 2.10. The van der Waals surface area contributed by atoms with Gasteiger partial charge in [0, 0.05) is 30.6 Å². The van der Waals surface area contributed by atoms with Gasteiger partial charge in [-0.2, -0.15) is 0 Å². The molecule has 1 unspecified atom stereocenters. The summed E-state index contributed by atoms with van der Waals surface area (Å²) in [4.78, 5) is 19.5. The summed E-state index contributed by atoms with van der Waals surface area (Å²) in [6.07, 6.45) is 5.38. The van der Waals surface area contributed by atoms with E-state index in [0.29, 0.717) is 18.0 Å². The van der Waals surface area contributed by atoms with Crippen LogP contribution in [0.25, 0.3) is 0 Å². The molecule has 7 heteroatoms. The van der Waals surface area contributed by atoms with Gasteiger partial charge < -0.3 is 15.4 Å². The van der Waals surface area contributed by atoms with Gasteiger partial charge in [0.1, 0.15) is 5.50 Å². The fourth-order valence-electron chi connectivity index (χ4n) is 1.39. The molecular weight excluding hydrogens is 240 g/mol. The highest BCUT2D eigenvalue weighted by molar-refractivity contribution is 7.80. The Morgan fingerprint density at radius 1 is 1.47 bits per heavy atom. The Balaban J connectivity index is 2.07. The molecule has 1 amide bonds. The molecule has 6 nitrogen and oxygen atoms in total. The first-order valence-electron chi connectivity index (χ1n) is 4.98. The first-order chi connectivity index (χ1) is 8.19. The number of hydrogen-bond acceptors (Lipinski definition) is 6. The number of thiol groups is 1. The van der Waals surface area contributed by atoms with Crippen LogP contribution in [-0.2, 0) is 11.2 Å². The van der Waals surface area contributed by atoms with Crippen LogP contribution < -0.4 is 15.4 Å². The van der Waals surface area contributed by atoms with Crippen molar-refractivity contribution >= 4 is 18.5 Å². The third kappa shape index (κ3) is 2.88. The Kier molecular flexibility index (Phi) is 3.48. The van der Waals surface area contributed by atoms with E-state index in [-0.39, 0.29) is 11.4 Å². The van der Waals surface area contributed by atoms with E-state index in [2.05, 4.69) is 33.2 Å². The van der Waals surface area contributed by atoms with Crippen LogP contribution in [0.5, 0.6) is 6.01 Å². The minimum atomic E-state index is -0.335. The molecule has 1 aliphatic heterocycles. The van der Waals surface area contributed by atoms with Crippen molar-refractivity contribution in [2.45, 2.75) is 11.9 Å². The topological polar surface area (TPSA) is 76.1 Å². The minimum absolute atomic E-state index is 0.139. The predicted molar refractivity (Wildman–Crippen MR) is 64.4 cm³/mol. The van der Waals surface area contributed by atoms with Gasteiger partial charge in [0.15, 0.2) is 0 Å². The number of ether oxygens (including phenoxy) is 1. The normalized spacial score (nSPS) is 19.1. The number of nitrogens with zero attached hydrogens (tertiary/aromatic N) is 2. The number of nitrogens with one attached hydrogen (secondary N) is 2. The third-order valence-electron chi connectivity index (χ3n) is 2.23. The van der Waals surface area contributed by atoms with Crippen molar-refractivity contribution in [1.82, 2.24) is 20.6 Å². The Bertz CT molecular complexity index is 446. The fourth-order valence-corrected chi connectivity index (χ4v) is 1.59. The van der Waals surface area contributed by atoms with Gasteiger partial charge >= 0.3 is 6.01 Å². The molecular formula is C10H12N4O2S. The van der Waals surface area contributed by atoms with Gasteiger partial charge in [-0.15, -0.1) is 12.6 Å². The molecule has 0 aliphatic carbocycles. The average Bonchev–Trinajstić information content (AvgIpc) is 2.34. The molecule has 0 fully saturated rings. The largest absolute Gasteiger partial charge is 0.467 e. The van der Waals surface area contributed by atoms with Crippen molar-refractivity contribution in [3.63, 3.8) is 0 Å². The highest BCUT2D eigenvalue weighted by Gasteiger charge is 2.17. The molecule has 2 rings (SSSR count). The maximum absolute atomic E-state index is 11.6. The van der Waals surface area contributed by atoms with Crippen LogP contribution in [0.3, 0.4) is 0 Å². The molecule has 0 spiro atoms. The molecule has 90 valence electrons. The molecule has 1 aliphatic rings. The van der Waals surface area contributed by atoms with Crippen molar-refractivity contribution < 1.29 is 9.53 Å². The average molecular weight is 252 g/mol. The Morgan fingerprint density at radius 3 is 2.76 bits per heavy atom. The lowest BCUT2D eigenvalue weighted by Gasteiger charge is -2.20. The van der Waals surface area contributed by atoms with Gasteiger partial charge in [-0.1, -0.05) is 0 Å². The number of hydrogen-bond donors (Lipinski definition) is 3. The number of amides is 1. The van der Waals surface area contributed by atoms with E-state index in [0.717, 1.165) is 5.56 Å². The summed E-state index contributed by atoms with van der Waals surface area (Å²) in [6.45, 7) is 0. The zero-order chi connectivity index (χ0) is 12.3. The van der Waals surface area contributed by atoms with Crippen molar-refractivity contribution in [2.75, 3.05) is 7.11 Å². The minimum Gasteiger partial charge on any atom is -0.467 e. The van der Waals surface area contributed by atoms with Gasteiger partial charge in [-0.05, 0) is 5.56 Å². The van der Waals surface area contributed by atoms with Crippen LogP contribution in [0.2, 0.25) is 0 Å². The molecule has 1 atom stereocenters. The summed E-state index contributed by atoms with van der Waals surface area (Å²) in [5.41, 5.74) is 1.12. The molecule has 0 saturated carbocycles. The van der Waals surface area contributed by atoms with E-state index in [4.69, 9.17) is 4.74 Å². The lowest BCUT2D eigenvalue weighted by molar-refractivity contribution is -0.118. The van der Waals surface area contributed by atoms with Gasteiger partial charge in [-0.3, -0.25) is 4.79 Å². The smallest absolute Gasteiger partial charge is 0.316 e. The zero-order valence-electron chi connectivity index (χ0n) is 9.17. The molecule has 0 aromatic carbocycles. The molecule has 2 heterocycles. The SMILES string of the molecule is COc1ncc(CC2=CNC(S)NC2=O)cn1. The second kappa shape index (κ2) is 5.05. The molecule has 17 heavy (non-hydrogen) atoms. The van der Waals surface area contributed by atoms with Crippen LogP contribution in [0.4, 0.5) is 0 Å². The van der Waals surface area contributed by atoms with E-state index in [1.165, 1.54) is 7.11 Å². The molecule has 1 aromatic heterocycles. The predicted octanol–water partition coefficient (Wildman–Crippen LogP) is -0.156. The highest BCUT2D eigenvalue weighted by atomic mass is 32.1.